The molecule has 0 bridgehead atoms. The third kappa shape index (κ3) is 5.28. The Morgan fingerprint density at radius 2 is 1.67 bits per heavy atom. The summed E-state index contributed by atoms with van der Waals surface area (Å²) < 4.78 is 16.1. The summed E-state index contributed by atoms with van der Waals surface area (Å²) >= 11 is 0. The number of rotatable bonds is 8. The van der Waals surface area contributed by atoms with Crippen molar-refractivity contribution >= 4 is 40.5 Å². The minimum absolute atomic E-state index is 0.325. The molecule has 10 heteroatoms. The van der Waals surface area contributed by atoms with Gasteiger partial charge in [-0.1, -0.05) is 36.4 Å². The fraction of sp³-hybridized carbons (Fsp3) is 0.231. The van der Waals surface area contributed by atoms with Crippen LogP contribution in [0.5, 0.6) is 11.5 Å². The maximum absolute atomic E-state index is 5.49. The van der Waals surface area contributed by atoms with Crippen molar-refractivity contribution in [1.29, 1.82) is 0 Å². The molecule has 36 heavy (non-hydrogen) atoms. The second kappa shape index (κ2) is 10.9. The molecule has 5 rings (SSSR count). The van der Waals surface area contributed by atoms with Crippen LogP contribution in [0, 0.1) is 0 Å². The van der Waals surface area contributed by atoms with E-state index in [4.69, 9.17) is 14.2 Å². The zero-order valence-corrected chi connectivity index (χ0v) is 20.1. The molecule has 2 heterocycles. The van der Waals surface area contributed by atoms with E-state index in [9.17, 15) is 0 Å². The van der Waals surface area contributed by atoms with Gasteiger partial charge in [0.05, 0.1) is 33.6 Å². The van der Waals surface area contributed by atoms with Crippen LogP contribution in [0.25, 0.3) is 10.8 Å². The molecule has 0 amide bonds. The molecule has 1 saturated heterocycles. The third-order valence-electron chi connectivity index (χ3n) is 5.74. The topological polar surface area (TPSA) is 106 Å². The first kappa shape index (κ1) is 23.3. The summed E-state index contributed by atoms with van der Waals surface area (Å²) in [7, 11) is 3.20. The summed E-state index contributed by atoms with van der Waals surface area (Å²) in [5.41, 5.74) is 4.68. The molecule has 3 aromatic carbocycles. The first-order valence-corrected chi connectivity index (χ1v) is 11.6. The molecular formula is C26H27N7O3. The van der Waals surface area contributed by atoms with Crippen molar-refractivity contribution in [2.24, 2.45) is 5.10 Å². The van der Waals surface area contributed by atoms with E-state index < -0.39 is 0 Å². The summed E-state index contributed by atoms with van der Waals surface area (Å²) in [6, 6.07) is 19.8. The maximum Gasteiger partial charge on any atom is 0.250 e. The zero-order chi connectivity index (χ0) is 24.7. The van der Waals surface area contributed by atoms with Gasteiger partial charge in [-0.2, -0.15) is 20.1 Å². The zero-order valence-electron chi connectivity index (χ0n) is 20.1. The minimum atomic E-state index is 0.325. The predicted octanol–water partition coefficient (Wildman–Crippen LogP) is 4.07. The van der Waals surface area contributed by atoms with Crippen LogP contribution in [0.4, 0.5) is 23.5 Å². The molecule has 1 aliphatic rings. The lowest BCUT2D eigenvalue weighted by atomic mass is 10.1. The van der Waals surface area contributed by atoms with Gasteiger partial charge in [0.25, 0.3) is 0 Å². The van der Waals surface area contributed by atoms with Crippen molar-refractivity contribution in [1.82, 2.24) is 15.0 Å². The number of anilines is 4. The van der Waals surface area contributed by atoms with E-state index in [1.807, 2.05) is 42.5 Å². The number of methoxy groups -OCH3 is 2. The number of morpholine rings is 1. The average molecular weight is 486 g/mol. The van der Waals surface area contributed by atoms with Gasteiger partial charge in [-0.3, -0.25) is 0 Å². The largest absolute Gasteiger partial charge is 0.493 e. The Labute approximate surface area is 209 Å². The Balaban J connectivity index is 1.42. The Morgan fingerprint density at radius 3 is 2.50 bits per heavy atom. The van der Waals surface area contributed by atoms with Gasteiger partial charge in [0, 0.05) is 24.2 Å². The number of hydrazone groups is 1. The van der Waals surface area contributed by atoms with Crippen molar-refractivity contribution in [3.8, 4) is 11.5 Å². The van der Waals surface area contributed by atoms with Crippen molar-refractivity contribution < 1.29 is 14.2 Å². The fourth-order valence-electron chi connectivity index (χ4n) is 3.93. The van der Waals surface area contributed by atoms with Crippen LogP contribution in [-0.4, -0.2) is 61.7 Å². The monoisotopic (exact) mass is 485 g/mol. The summed E-state index contributed by atoms with van der Waals surface area (Å²) in [4.78, 5) is 15.9. The van der Waals surface area contributed by atoms with E-state index in [2.05, 4.69) is 53.9 Å². The average Bonchev–Trinajstić information content (AvgIpc) is 2.93. The van der Waals surface area contributed by atoms with E-state index in [0.717, 1.165) is 22.0 Å². The number of hydrogen-bond acceptors (Lipinski definition) is 10. The van der Waals surface area contributed by atoms with Gasteiger partial charge in [0.15, 0.2) is 11.5 Å². The summed E-state index contributed by atoms with van der Waals surface area (Å²) in [5, 5.41) is 9.90. The SMILES string of the molecule is COc1ccc(C=NNc2nc(Nc3cccc4ccccc34)nc(N3CCOCC3)n2)cc1OC. The number of ether oxygens (including phenoxy) is 3. The molecule has 0 atom stereocenters. The molecule has 4 aromatic rings. The highest BCUT2D eigenvalue weighted by Gasteiger charge is 2.17. The van der Waals surface area contributed by atoms with Crippen LogP contribution < -0.4 is 25.1 Å². The van der Waals surface area contributed by atoms with Gasteiger partial charge in [-0.25, -0.2) is 5.43 Å². The van der Waals surface area contributed by atoms with E-state index in [1.165, 1.54) is 0 Å². The van der Waals surface area contributed by atoms with Gasteiger partial charge in [-0.05, 0) is 35.2 Å². The number of nitrogens with zero attached hydrogens (tertiary/aromatic N) is 5. The molecule has 1 aromatic heterocycles. The van der Waals surface area contributed by atoms with Crippen LogP contribution in [0.1, 0.15) is 5.56 Å². The van der Waals surface area contributed by atoms with Crippen molar-refractivity contribution in [3.63, 3.8) is 0 Å². The first-order valence-electron chi connectivity index (χ1n) is 11.6. The van der Waals surface area contributed by atoms with Gasteiger partial charge in [0.2, 0.25) is 17.8 Å². The Hall–Kier alpha value is -4.44. The lowest BCUT2D eigenvalue weighted by Gasteiger charge is -2.27. The van der Waals surface area contributed by atoms with E-state index >= 15 is 0 Å². The maximum atomic E-state index is 5.49. The molecule has 1 aliphatic heterocycles. The van der Waals surface area contributed by atoms with Gasteiger partial charge in [-0.15, -0.1) is 0 Å². The molecule has 1 fully saturated rings. The highest BCUT2D eigenvalue weighted by atomic mass is 16.5. The standard InChI is InChI=1S/C26H27N7O3/c1-34-22-11-10-18(16-23(22)35-2)17-27-32-25-29-24(30-26(31-25)33-12-14-36-15-13-33)28-21-9-5-7-19-6-3-4-8-20(19)21/h3-11,16-17H,12-15H2,1-2H3,(H2,28,29,30,31,32). The number of fused-ring (bicyclic) bond motifs is 1. The number of benzene rings is 3. The van der Waals surface area contributed by atoms with Crippen molar-refractivity contribution in [2.45, 2.75) is 0 Å². The fourth-order valence-corrected chi connectivity index (χ4v) is 3.93. The highest BCUT2D eigenvalue weighted by molar-refractivity contribution is 5.95. The third-order valence-corrected chi connectivity index (χ3v) is 5.74. The second-order valence-electron chi connectivity index (χ2n) is 8.02. The molecule has 184 valence electrons. The number of nitrogens with one attached hydrogen (secondary N) is 2. The van der Waals surface area contributed by atoms with E-state index in [1.54, 1.807) is 20.4 Å². The lowest BCUT2D eigenvalue weighted by Crippen LogP contribution is -2.37. The molecule has 0 radical (unpaired) electrons. The molecule has 0 saturated carbocycles. The van der Waals surface area contributed by atoms with Crippen LogP contribution in [-0.2, 0) is 4.74 Å². The summed E-state index contributed by atoms with van der Waals surface area (Å²) in [6.45, 7) is 2.65. The van der Waals surface area contributed by atoms with E-state index in [0.29, 0.717) is 55.6 Å². The van der Waals surface area contributed by atoms with Gasteiger partial charge >= 0.3 is 0 Å². The van der Waals surface area contributed by atoms with Crippen LogP contribution in [0.3, 0.4) is 0 Å². The highest BCUT2D eigenvalue weighted by Crippen LogP contribution is 2.28. The predicted molar refractivity (Wildman–Crippen MR) is 141 cm³/mol. The summed E-state index contributed by atoms with van der Waals surface area (Å²) in [5.74, 6) is 2.58. The van der Waals surface area contributed by atoms with Crippen LogP contribution >= 0.6 is 0 Å². The smallest absolute Gasteiger partial charge is 0.250 e. The lowest BCUT2D eigenvalue weighted by molar-refractivity contribution is 0.122. The van der Waals surface area contributed by atoms with Gasteiger partial charge in [0.1, 0.15) is 0 Å². The quantitative estimate of drug-likeness (QED) is 0.282. The molecule has 0 spiro atoms. The first-order chi connectivity index (χ1) is 17.7. The Bertz CT molecular complexity index is 1370. The van der Waals surface area contributed by atoms with Gasteiger partial charge < -0.3 is 24.4 Å². The second-order valence-corrected chi connectivity index (χ2v) is 8.02. The summed E-state index contributed by atoms with van der Waals surface area (Å²) in [6.07, 6.45) is 1.66. The molecular weight excluding hydrogens is 458 g/mol. The number of aromatic nitrogens is 3. The van der Waals surface area contributed by atoms with Crippen LogP contribution in [0.15, 0.2) is 65.8 Å². The molecule has 0 unspecified atom stereocenters. The number of hydrogen-bond donors (Lipinski definition) is 2. The molecule has 2 N–H and O–H groups in total. The minimum Gasteiger partial charge on any atom is -0.493 e. The van der Waals surface area contributed by atoms with Crippen molar-refractivity contribution in [2.75, 3.05) is 56.2 Å². The Kier molecular flexibility index (Phi) is 7.04. The Morgan fingerprint density at radius 1 is 0.889 bits per heavy atom. The molecule has 0 aliphatic carbocycles. The van der Waals surface area contributed by atoms with Crippen LogP contribution in [0.2, 0.25) is 0 Å². The normalized spacial score (nSPS) is 13.7. The van der Waals surface area contributed by atoms with E-state index in [-0.39, 0.29) is 0 Å². The van der Waals surface area contributed by atoms with Crippen molar-refractivity contribution in [3.05, 3.63) is 66.2 Å². The molecule has 10 nitrogen and oxygen atoms in total.